The summed E-state index contributed by atoms with van der Waals surface area (Å²) in [7, 11) is 2.97. The maximum atomic E-state index is 12.7. The number of rotatable bonds is 3. The summed E-state index contributed by atoms with van der Waals surface area (Å²) in [5.41, 5.74) is -0.172. The van der Waals surface area contributed by atoms with Crippen molar-refractivity contribution in [2.45, 2.75) is 12.8 Å². The molecule has 1 N–H and O–H groups in total. The SMILES string of the molecule is Cn1c(=O)c2cc(NC(=O)C3CCN(c4ccc(Cl)cn4)CC3)cnc2n(C)c1=O. The number of carbonyl (C=O) groups is 1. The van der Waals surface area contributed by atoms with Crippen molar-refractivity contribution in [1.29, 1.82) is 0 Å². The molecule has 0 saturated carbocycles. The third-order valence-electron chi connectivity index (χ3n) is 5.46. The average molecular weight is 429 g/mol. The zero-order valence-electron chi connectivity index (χ0n) is 16.6. The molecule has 4 heterocycles. The van der Waals surface area contributed by atoms with Crippen LogP contribution in [0.1, 0.15) is 12.8 Å². The predicted molar refractivity (Wildman–Crippen MR) is 115 cm³/mol. The van der Waals surface area contributed by atoms with E-state index in [2.05, 4.69) is 20.2 Å². The highest BCUT2D eigenvalue weighted by atomic mass is 35.5. The molecule has 0 atom stereocenters. The highest BCUT2D eigenvalue weighted by Gasteiger charge is 2.26. The van der Waals surface area contributed by atoms with Crippen LogP contribution in [0, 0.1) is 5.92 Å². The van der Waals surface area contributed by atoms with Gasteiger partial charge in [0.1, 0.15) is 11.5 Å². The maximum Gasteiger partial charge on any atom is 0.332 e. The van der Waals surface area contributed by atoms with Gasteiger partial charge in [-0.05, 0) is 31.0 Å². The minimum absolute atomic E-state index is 0.110. The molecule has 156 valence electrons. The average Bonchev–Trinajstić information content (AvgIpc) is 2.77. The van der Waals surface area contributed by atoms with Crippen molar-refractivity contribution < 1.29 is 4.79 Å². The Morgan fingerprint density at radius 2 is 1.83 bits per heavy atom. The number of amides is 1. The second-order valence-corrected chi connectivity index (χ2v) is 7.82. The standard InChI is InChI=1S/C20H21ClN6O3/c1-25-17-15(19(29)26(2)20(25)30)9-14(11-23-17)24-18(28)12-5-7-27(8-6-12)16-4-3-13(21)10-22-16/h3-4,9-12H,5-8H2,1-2H3,(H,24,28). The Labute approximate surface area is 176 Å². The van der Waals surface area contributed by atoms with Gasteiger partial charge in [-0.3, -0.25) is 18.7 Å². The van der Waals surface area contributed by atoms with E-state index in [1.54, 1.807) is 25.4 Å². The Morgan fingerprint density at radius 1 is 1.10 bits per heavy atom. The lowest BCUT2D eigenvalue weighted by molar-refractivity contribution is -0.120. The Hall–Kier alpha value is -3.20. The van der Waals surface area contributed by atoms with Crippen LogP contribution in [0.4, 0.5) is 11.5 Å². The summed E-state index contributed by atoms with van der Waals surface area (Å²) < 4.78 is 2.33. The molecule has 0 aliphatic carbocycles. The summed E-state index contributed by atoms with van der Waals surface area (Å²) in [6, 6.07) is 5.24. The Kier molecular flexibility index (Phi) is 5.29. The summed E-state index contributed by atoms with van der Waals surface area (Å²) in [6.07, 6.45) is 4.45. The van der Waals surface area contributed by atoms with Crippen molar-refractivity contribution in [3.63, 3.8) is 0 Å². The first-order valence-electron chi connectivity index (χ1n) is 9.58. The van der Waals surface area contributed by atoms with E-state index in [1.807, 2.05) is 6.07 Å². The van der Waals surface area contributed by atoms with Crippen LogP contribution < -0.4 is 21.5 Å². The van der Waals surface area contributed by atoms with Crippen molar-refractivity contribution in [2.24, 2.45) is 20.0 Å². The third kappa shape index (κ3) is 3.68. The summed E-state index contributed by atoms with van der Waals surface area (Å²) >= 11 is 5.89. The second-order valence-electron chi connectivity index (χ2n) is 7.39. The van der Waals surface area contributed by atoms with Crippen LogP contribution in [-0.2, 0) is 18.9 Å². The van der Waals surface area contributed by atoms with Crippen molar-refractivity contribution in [2.75, 3.05) is 23.3 Å². The molecule has 30 heavy (non-hydrogen) atoms. The molecule has 1 amide bonds. The normalized spacial score (nSPS) is 14.8. The molecule has 0 aromatic carbocycles. The van der Waals surface area contributed by atoms with Crippen LogP contribution in [0.3, 0.4) is 0 Å². The van der Waals surface area contributed by atoms with Gasteiger partial charge >= 0.3 is 5.69 Å². The highest BCUT2D eigenvalue weighted by molar-refractivity contribution is 6.30. The van der Waals surface area contributed by atoms with Gasteiger partial charge in [0.2, 0.25) is 5.91 Å². The van der Waals surface area contributed by atoms with Crippen molar-refractivity contribution >= 4 is 40.0 Å². The maximum absolute atomic E-state index is 12.7. The molecule has 3 aromatic rings. The van der Waals surface area contributed by atoms with Crippen molar-refractivity contribution in [3.05, 3.63) is 56.5 Å². The van der Waals surface area contributed by atoms with Gasteiger partial charge in [0.15, 0.2) is 0 Å². The monoisotopic (exact) mass is 428 g/mol. The van der Waals surface area contributed by atoms with Crippen LogP contribution >= 0.6 is 11.6 Å². The van der Waals surface area contributed by atoms with E-state index < -0.39 is 11.2 Å². The van der Waals surface area contributed by atoms with E-state index in [-0.39, 0.29) is 22.9 Å². The number of hydrogen-bond donors (Lipinski definition) is 1. The molecule has 1 aliphatic rings. The molecule has 0 spiro atoms. The smallest absolute Gasteiger partial charge is 0.332 e. The molecule has 9 nitrogen and oxygen atoms in total. The van der Waals surface area contributed by atoms with Crippen LogP contribution in [0.2, 0.25) is 5.02 Å². The minimum Gasteiger partial charge on any atom is -0.357 e. The van der Waals surface area contributed by atoms with Gasteiger partial charge in [-0.2, -0.15) is 0 Å². The molecule has 1 fully saturated rings. The summed E-state index contributed by atoms with van der Waals surface area (Å²) in [5, 5.41) is 3.73. The summed E-state index contributed by atoms with van der Waals surface area (Å²) in [6.45, 7) is 1.43. The molecule has 1 aliphatic heterocycles. The molecular formula is C20H21ClN6O3. The number of aromatic nitrogens is 4. The lowest BCUT2D eigenvalue weighted by atomic mass is 9.96. The van der Waals surface area contributed by atoms with Crippen LogP contribution in [0.15, 0.2) is 40.2 Å². The number of carbonyl (C=O) groups excluding carboxylic acids is 1. The van der Waals surface area contributed by atoms with Crippen molar-refractivity contribution in [1.82, 2.24) is 19.1 Å². The van der Waals surface area contributed by atoms with Gasteiger partial charge in [0.25, 0.3) is 5.56 Å². The molecule has 1 saturated heterocycles. The van der Waals surface area contributed by atoms with Gasteiger partial charge in [-0.25, -0.2) is 14.8 Å². The first-order valence-corrected chi connectivity index (χ1v) is 9.96. The number of piperidine rings is 1. The van der Waals surface area contributed by atoms with E-state index in [0.717, 1.165) is 10.4 Å². The number of fused-ring (bicyclic) bond motifs is 1. The van der Waals surface area contributed by atoms with Crippen LogP contribution in [-0.4, -0.2) is 38.1 Å². The lowest BCUT2D eigenvalue weighted by Gasteiger charge is -2.32. The van der Waals surface area contributed by atoms with Gasteiger partial charge in [-0.1, -0.05) is 11.6 Å². The van der Waals surface area contributed by atoms with E-state index in [4.69, 9.17) is 11.6 Å². The zero-order chi connectivity index (χ0) is 21.4. The molecule has 0 unspecified atom stereocenters. The highest BCUT2D eigenvalue weighted by Crippen LogP contribution is 2.24. The molecular weight excluding hydrogens is 408 g/mol. The van der Waals surface area contributed by atoms with Gasteiger partial charge in [0, 0.05) is 39.3 Å². The van der Waals surface area contributed by atoms with Crippen LogP contribution in [0.25, 0.3) is 11.0 Å². The first kappa shape index (κ1) is 20.1. The number of pyridine rings is 2. The lowest BCUT2D eigenvalue weighted by Crippen LogP contribution is -2.38. The van der Waals surface area contributed by atoms with Gasteiger partial charge < -0.3 is 10.2 Å². The number of hydrogen-bond acceptors (Lipinski definition) is 6. The van der Waals surface area contributed by atoms with E-state index >= 15 is 0 Å². The predicted octanol–water partition coefficient (Wildman–Crippen LogP) is 1.54. The largest absolute Gasteiger partial charge is 0.357 e. The number of halogens is 1. The molecule has 3 aromatic heterocycles. The topological polar surface area (TPSA) is 102 Å². The summed E-state index contributed by atoms with van der Waals surface area (Å²) in [4.78, 5) is 47.8. The fourth-order valence-corrected chi connectivity index (χ4v) is 3.82. The molecule has 0 bridgehead atoms. The van der Waals surface area contributed by atoms with E-state index in [0.29, 0.717) is 36.6 Å². The molecule has 0 radical (unpaired) electrons. The fraction of sp³-hybridized carbons (Fsp3) is 0.350. The van der Waals surface area contributed by atoms with Gasteiger partial charge in [0.05, 0.1) is 22.3 Å². The van der Waals surface area contributed by atoms with E-state index in [9.17, 15) is 14.4 Å². The fourth-order valence-electron chi connectivity index (χ4n) is 3.70. The number of nitrogens with zero attached hydrogens (tertiary/aromatic N) is 5. The number of aryl methyl sites for hydroxylation is 1. The van der Waals surface area contributed by atoms with Crippen molar-refractivity contribution in [3.8, 4) is 0 Å². The van der Waals surface area contributed by atoms with E-state index in [1.165, 1.54) is 17.8 Å². The Bertz CT molecular complexity index is 1230. The summed E-state index contributed by atoms with van der Waals surface area (Å²) in [5.74, 6) is 0.590. The van der Waals surface area contributed by atoms with Crippen LogP contribution in [0.5, 0.6) is 0 Å². The molecule has 4 rings (SSSR count). The Morgan fingerprint density at radius 3 is 2.50 bits per heavy atom. The zero-order valence-corrected chi connectivity index (χ0v) is 17.4. The quantitative estimate of drug-likeness (QED) is 0.678. The third-order valence-corrected chi connectivity index (χ3v) is 5.69. The molecule has 10 heteroatoms. The number of anilines is 2. The first-order chi connectivity index (χ1) is 14.3. The minimum atomic E-state index is -0.446. The van der Waals surface area contributed by atoms with Gasteiger partial charge in [-0.15, -0.1) is 0 Å². The number of nitrogens with one attached hydrogen (secondary N) is 1. The Balaban J connectivity index is 1.47. The second kappa shape index (κ2) is 7.91.